The van der Waals surface area contributed by atoms with Crippen molar-refractivity contribution in [2.75, 3.05) is 17.2 Å². The van der Waals surface area contributed by atoms with E-state index in [4.69, 9.17) is 16.3 Å². The summed E-state index contributed by atoms with van der Waals surface area (Å²) in [6.07, 6.45) is 1.36. The Kier molecular flexibility index (Phi) is 8.01. The van der Waals surface area contributed by atoms with Crippen LogP contribution in [0.4, 0.5) is 15.8 Å². The van der Waals surface area contributed by atoms with Gasteiger partial charge in [-0.1, -0.05) is 23.7 Å². The zero-order valence-electron chi connectivity index (χ0n) is 18.5. The summed E-state index contributed by atoms with van der Waals surface area (Å²) in [6.45, 7) is 3.70. The highest BCUT2D eigenvalue weighted by Crippen LogP contribution is 2.27. The number of anilines is 2. The molecule has 0 unspecified atom stereocenters. The third-order valence-corrected chi connectivity index (χ3v) is 5.18. The maximum absolute atomic E-state index is 13.0. The van der Waals surface area contributed by atoms with Gasteiger partial charge in [-0.2, -0.15) is 5.26 Å². The number of hydrogen-bond donors (Lipinski definition) is 2. The molecule has 6 nitrogen and oxygen atoms in total. The largest absolute Gasteiger partial charge is 0.482 e. The molecule has 0 spiro atoms. The molecule has 34 heavy (non-hydrogen) atoms. The highest BCUT2D eigenvalue weighted by Gasteiger charge is 2.12. The van der Waals surface area contributed by atoms with Gasteiger partial charge in [-0.05, 0) is 85.1 Å². The highest BCUT2D eigenvalue weighted by molar-refractivity contribution is 6.32. The molecule has 0 radical (unpaired) electrons. The topological polar surface area (TPSA) is 91.2 Å². The molecule has 0 saturated carbocycles. The molecule has 0 aliphatic carbocycles. The Hall–Kier alpha value is -4.15. The number of ether oxygens (including phenoxy) is 1. The monoisotopic (exact) mass is 477 g/mol. The quantitative estimate of drug-likeness (QED) is 0.339. The summed E-state index contributed by atoms with van der Waals surface area (Å²) in [5.41, 5.74) is 3.54. The van der Waals surface area contributed by atoms with Crippen LogP contribution in [-0.4, -0.2) is 18.4 Å². The number of rotatable bonds is 7. The predicted octanol–water partition coefficient (Wildman–Crippen LogP) is 5.66. The first-order valence-electron chi connectivity index (χ1n) is 10.2. The van der Waals surface area contributed by atoms with Crippen molar-refractivity contribution < 1.29 is 18.7 Å². The van der Waals surface area contributed by atoms with Crippen LogP contribution in [0.15, 0.2) is 66.2 Å². The van der Waals surface area contributed by atoms with Crippen molar-refractivity contribution in [2.45, 2.75) is 13.8 Å². The Morgan fingerprint density at radius 2 is 1.71 bits per heavy atom. The lowest BCUT2D eigenvalue weighted by Crippen LogP contribution is -2.20. The fourth-order valence-electron chi connectivity index (χ4n) is 2.93. The molecule has 0 fully saturated rings. The standard InChI is InChI=1S/C26H21ClFN3O3/c1-16-3-7-22(11-17(16)2)30-25(32)15-34-24-10-4-18(13-23(24)27)12-19(14-29)26(33)31-21-8-5-20(28)6-9-21/h3-13H,15H2,1-2H3,(H,30,32)(H,31,33)/b19-12+. The number of nitriles is 1. The van der Waals surface area contributed by atoms with Gasteiger partial charge < -0.3 is 15.4 Å². The Balaban J connectivity index is 1.62. The predicted molar refractivity (Wildman–Crippen MR) is 130 cm³/mol. The Bertz CT molecular complexity index is 1300. The van der Waals surface area contributed by atoms with Crippen LogP contribution < -0.4 is 15.4 Å². The van der Waals surface area contributed by atoms with E-state index in [9.17, 15) is 19.2 Å². The van der Waals surface area contributed by atoms with Crippen LogP contribution in [0.3, 0.4) is 0 Å². The van der Waals surface area contributed by atoms with E-state index in [1.54, 1.807) is 12.1 Å². The minimum absolute atomic E-state index is 0.165. The van der Waals surface area contributed by atoms with Gasteiger partial charge in [0.2, 0.25) is 0 Å². The van der Waals surface area contributed by atoms with Crippen LogP contribution in [0.5, 0.6) is 5.75 Å². The molecule has 172 valence electrons. The smallest absolute Gasteiger partial charge is 0.266 e. The van der Waals surface area contributed by atoms with Crippen LogP contribution in [0.2, 0.25) is 5.02 Å². The lowest BCUT2D eigenvalue weighted by Gasteiger charge is -2.10. The van der Waals surface area contributed by atoms with Crippen LogP contribution in [0.1, 0.15) is 16.7 Å². The molecule has 0 saturated heterocycles. The average molecular weight is 478 g/mol. The van der Waals surface area contributed by atoms with Crippen LogP contribution >= 0.6 is 11.6 Å². The molecule has 0 aliphatic rings. The van der Waals surface area contributed by atoms with Crippen LogP contribution in [-0.2, 0) is 9.59 Å². The molecule has 2 amide bonds. The van der Waals surface area contributed by atoms with Crippen molar-refractivity contribution in [3.8, 4) is 11.8 Å². The van der Waals surface area contributed by atoms with Crippen molar-refractivity contribution in [3.63, 3.8) is 0 Å². The lowest BCUT2D eigenvalue weighted by molar-refractivity contribution is -0.118. The van der Waals surface area contributed by atoms with Crippen LogP contribution in [0.25, 0.3) is 6.08 Å². The number of aryl methyl sites for hydroxylation is 2. The number of carbonyl (C=O) groups excluding carboxylic acids is 2. The summed E-state index contributed by atoms with van der Waals surface area (Å²) in [6, 6.07) is 17.3. The second kappa shape index (κ2) is 11.1. The summed E-state index contributed by atoms with van der Waals surface area (Å²) in [4.78, 5) is 24.6. The van der Waals surface area contributed by atoms with Gasteiger partial charge >= 0.3 is 0 Å². The summed E-state index contributed by atoms with van der Waals surface area (Å²) in [7, 11) is 0. The van der Waals surface area contributed by atoms with E-state index in [2.05, 4.69) is 10.6 Å². The Morgan fingerprint density at radius 1 is 1.00 bits per heavy atom. The number of nitrogens with zero attached hydrogens (tertiary/aromatic N) is 1. The normalized spacial score (nSPS) is 10.9. The molecular weight excluding hydrogens is 457 g/mol. The second-order valence-electron chi connectivity index (χ2n) is 7.46. The zero-order valence-corrected chi connectivity index (χ0v) is 19.2. The number of amides is 2. The lowest BCUT2D eigenvalue weighted by atomic mass is 10.1. The highest BCUT2D eigenvalue weighted by atomic mass is 35.5. The minimum Gasteiger partial charge on any atom is -0.482 e. The summed E-state index contributed by atoms with van der Waals surface area (Å²) in [5.74, 6) is -1.14. The van der Waals surface area contributed by atoms with Gasteiger partial charge in [-0.25, -0.2) is 4.39 Å². The first-order chi connectivity index (χ1) is 16.2. The fourth-order valence-corrected chi connectivity index (χ4v) is 3.17. The maximum atomic E-state index is 13.0. The van der Waals surface area contributed by atoms with Crippen molar-refractivity contribution in [1.29, 1.82) is 5.26 Å². The fraction of sp³-hybridized carbons (Fsp3) is 0.115. The number of hydrogen-bond acceptors (Lipinski definition) is 4. The van der Waals surface area contributed by atoms with Crippen molar-refractivity contribution in [2.24, 2.45) is 0 Å². The number of nitrogens with one attached hydrogen (secondary N) is 2. The van der Waals surface area contributed by atoms with Crippen molar-refractivity contribution >= 4 is 40.9 Å². The molecule has 2 N–H and O–H groups in total. The van der Waals surface area contributed by atoms with Gasteiger partial charge in [-0.15, -0.1) is 0 Å². The maximum Gasteiger partial charge on any atom is 0.266 e. The van der Waals surface area contributed by atoms with E-state index in [1.165, 1.54) is 36.4 Å². The molecule has 3 aromatic carbocycles. The van der Waals surface area contributed by atoms with E-state index in [-0.39, 0.29) is 28.9 Å². The van der Waals surface area contributed by atoms with Gasteiger partial charge in [0.1, 0.15) is 23.2 Å². The molecule has 0 aliphatic heterocycles. The third kappa shape index (κ3) is 6.67. The van der Waals surface area contributed by atoms with Gasteiger partial charge in [0, 0.05) is 11.4 Å². The van der Waals surface area contributed by atoms with Gasteiger partial charge in [0.25, 0.3) is 11.8 Å². The number of carbonyl (C=O) groups is 2. The van der Waals surface area contributed by atoms with Gasteiger partial charge in [0.15, 0.2) is 6.61 Å². The summed E-state index contributed by atoms with van der Waals surface area (Å²) < 4.78 is 18.5. The average Bonchev–Trinajstić information content (AvgIpc) is 2.80. The summed E-state index contributed by atoms with van der Waals surface area (Å²) >= 11 is 6.26. The molecule has 0 aromatic heterocycles. The van der Waals surface area contributed by atoms with E-state index >= 15 is 0 Å². The SMILES string of the molecule is Cc1ccc(NC(=O)COc2ccc(/C=C(\C#N)C(=O)Nc3ccc(F)cc3)cc2Cl)cc1C. The van der Waals surface area contributed by atoms with Crippen molar-refractivity contribution in [3.05, 3.63) is 93.8 Å². The van der Waals surface area contributed by atoms with E-state index in [0.717, 1.165) is 11.1 Å². The first kappa shape index (κ1) is 24.5. The molecule has 8 heteroatoms. The Labute approximate surface area is 201 Å². The van der Waals surface area contributed by atoms with Crippen LogP contribution in [0, 0.1) is 31.0 Å². The number of halogens is 2. The zero-order chi connectivity index (χ0) is 24.7. The number of benzene rings is 3. The van der Waals surface area contributed by atoms with Gasteiger partial charge in [-0.3, -0.25) is 9.59 Å². The minimum atomic E-state index is -0.645. The third-order valence-electron chi connectivity index (χ3n) is 4.88. The summed E-state index contributed by atoms with van der Waals surface area (Å²) in [5, 5.41) is 14.9. The van der Waals surface area contributed by atoms with E-state index in [0.29, 0.717) is 16.9 Å². The molecule has 3 rings (SSSR count). The first-order valence-corrected chi connectivity index (χ1v) is 10.6. The van der Waals surface area contributed by atoms with E-state index < -0.39 is 11.7 Å². The second-order valence-corrected chi connectivity index (χ2v) is 7.86. The van der Waals surface area contributed by atoms with Crippen molar-refractivity contribution in [1.82, 2.24) is 0 Å². The molecular formula is C26H21ClFN3O3. The molecule has 0 heterocycles. The van der Waals surface area contributed by atoms with Gasteiger partial charge in [0.05, 0.1) is 5.02 Å². The molecule has 0 atom stereocenters. The Morgan fingerprint density at radius 3 is 2.35 bits per heavy atom. The van der Waals surface area contributed by atoms with E-state index in [1.807, 2.05) is 38.1 Å². The molecule has 0 bridgehead atoms. The molecule has 3 aromatic rings.